The monoisotopic (exact) mass is 301 g/mol. The quantitative estimate of drug-likeness (QED) is 0.289. The van der Waals surface area contributed by atoms with Crippen molar-refractivity contribution in [2.75, 3.05) is 5.75 Å². The van der Waals surface area contributed by atoms with Crippen LogP contribution in [0.25, 0.3) is 0 Å². The molecule has 5 N–H and O–H groups in total. The zero-order valence-corrected chi connectivity index (χ0v) is 8.60. The molecule has 11 heavy (non-hydrogen) atoms. The van der Waals surface area contributed by atoms with E-state index in [4.69, 9.17) is 20.9 Å². The first kappa shape index (κ1) is 13.9. The summed E-state index contributed by atoms with van der Waals surface area (Å²) < 4.78 is 23.3. The molecule has 0 aromatic heterocycles. The molecule has 0 aromatic rings. The van der Waals surface area contributed by atoms with Gasteiger partial charge in [-0.25, -0.2) is 0 Å². The van der Waals surface area contributed by atoms with Crippen LogP contribution in [0.2, 0.25) is 0 Å². The van der Waals surface area contributed by atoms with Gasteiger partial charge in [0, 0.05) is 5.75 Å². The van der Waals surface area contributed by atoms with Crippen LogP contribution < -0.4 is 5.73 Å². The molecule has 1 unspecified atom stereocenters. The molecule has 68 valence electrons. The van der Waals surface area contributed by atoms with Crippen molar-refractivity contribution in [3.8, 4) is 0 Å². The van der Waals surface area contributed by atoms with Gasteiger partial charge in [0.2, 0.25) is 0 Å². The maximum atomic E-state index is 9.76. The van der Waals surface area contributed by atoms with Crippen LogP contribution >= 0.6 is 12.6 Å². The van der Waals surface area contributed by atoms with Crippen molar-refractivity contribution in [3.63, 3.8) is 0 Å². The van der Waals surface area contributed by atoms with Crippen molar-refractivity contribution in [2.24, 2.45) is 5.73 Å². The van der Waals surface area contributed by atoms with Crippen LogP contribution in [0.1, 0.15) is 0 Å². The molecule has 1 atom stereocenters. The Hall–Kier alpha value is 0.290. The van der Waals surface area contributed by atoms with Crippen molar-refractivity contribution < 1.29 is 19.9 Å². The molecule has 0 heterocycles. The van der Waals surface area contributed by atoms with Gasteiger partial charge < -0.3 is 10.8 Å². The molecule has 8 heteroatoms. The van der Waals surface area contributed by atoms with Gasteiger partial charge in [-0.15, -0.1) is 0 Å². The summed E-state index contributed by atoms with van der Waals surface area (Å²) in [6.07, 6.45) is 0. The number of nitrogens with two attached hydrogens (primary N) is 1. The first-order chi connectivity index (χ1) is 4.91. The fraction of sp³-hybridized carbons (Fsp3) is 0.667. The van der Waals surface area contributed by atoms with Crippen molar-refractivity contribution in [3.05, 3.63) is 0 Å². The minimum atomic E-state index is -3.61. The first-order valence-electron chi connectivity index (χ1n) is 2.31. The van der Waals surface area contributed by atoms with Crippen LogP contribution in [-0.4, -0.2) is 50.2 Å². The SMILES string of the molecule is NC(CS)C(=O)O.O=[Te](O)O. The summed E-state index contributed by atoms with van der Waals surface area (Å²) in [6, 6.07) is -0.816. The van der Waals surface area contributed by atoms with Crippen LogP contribution in [0.15, 0.2) is 0 Å². The maximum absolute atomic E-state index is 9.76. The molecule has 0 bridgehead atoms. The van der Waals surface area contributed by atoms with E-state index in [0.717, 1.165) is 0 Å². The van der Waals surface area contributed by atoms with E-state index in [1.54, 1.807) is 0 Å². The molecule has 0 saturated carbocycles. The molecule has 0 aliphatic rings. The van der Waals surface area contributed by atoms with Crippen molar-refractivity contribution in [1.29, 1.82) is 0 Å². The molecule has 0 aliphatic heterocycles. The van der Waals surface area contributed by atoms with Gasteiger partial charge >= 0.3 is 36.4 Å². The summed E-state index contributed by atoms with van der Waals surface area (Å²) in [6.45, 7) is 0. The molecule has 0 spiro atoms. The molecule has 0 rings (SSSR count). The van der Waals surface area contributed by atoms with Gasteiger partial charge in [-0.05, 0) is 0 Å². The Bertz CT molecular complexity index is 138. The van der Waals surface area contributed by atoms with E-state index in [1.807, 2.05) is 0 Å². The van der Waals surface area contributed by atoms with Gasteiger partial charge in [0.1, 0.15) is 6.04 Å². The average molecular weight is 299 g/mol. The van der Waals surface area contributed by atoms with E-state index < -0.39 is 32.4 Å². The van der Waals surface area contributed by atoms with E-state index in [1.165, 1.54) is 0 Å². The van der Waals surface area contributed by atoms with Crippen LogP contribution in [0.5, 0.6) is 0 Å². The number of carboxylic acid groups (broad SMARTS) is 1. The molecule has 0 amide bonds. The standard InChI is InChI=1S/C3H7NO2S.H2O3Te/c4-2(1-7)3(5)6;1-4(2)3/h2,7H,1,4H2,(H,5,6);(H2,1,2,3). The van der Waals surface area contributed by atoms with Crippen molar-refractivity contribution >= 4 is 39.0 Å². The number of hydrogen-bond donors (Lipinski definition) is 5. The Morgan fingerprint density at radius 2 is 1.91 bits per heavy atom. The molecule has 0 aromatic carbocycles. The zero-order chi connectivity index (χ0) is 9.44. The predicted octanol–water partition coefficient (Wildman–Crippen LogP) is -2.29. The molecular weight excluding hydrogens is 290 g/mol. The first-order valence-corrected chi connectivity index (χ1v) is 5.97. The van der Waals surface area contributed by atoms with Gasteiger partial charge in [0.15, 0.2) is 0 Å². The van der Waals surface area contributed by atoms with Crippen molar-refractivity contribution in [2.45, 2.75) is 6.04 Å². The van der Waals surface area contributed by atoms with E-state index in [2.05, 4.69) is 12.6 Å². The third-order valence-corrected chi connectivity index (χ3v) is 0.907. The summed E-state index contributed by atoms with van der Waals surface area (Å²) in [5, 5.41) is 8.01. The van der Waals surface area contributed by atoms with Gasteiger partial charge in [-0.1, -0.05) is 0 Å². The van der Waals surface area contributed by atoms with Crippen LogP contribution in [0, 0.1) is 0 Å². The fourth-order valence-corrected chi connectivity index (χ4v) is 0.234. The second-order valence-corrected chi connectivity index (χ2v) is 3.04. The van der Waals surface area contributed by atoms with Crippen LogP contribution in [0.4, 0.5) is 0 Å². The Morgan fingerprint density at radius 1 is 1.64 bits per heavy atom. The summed E-state index contributed by atoms with van der Waals surface area (Å²) in [5.41, 5.74) is 4.94. The molecule has 0 aliphatic carbocycles. The number of hydrogen-bond acceptors (Lipinski definition) is 4. The van der Waals surface area contributed by atoms with Crippen molar-refractivity contribution in [1.82, 2.24) is 0 Å². The van der Waals surface area contributed by atoms with Crippen LogP contribution in [0.3, 0.4) is 0 Å². The summed E-state index contributed by atoms with van der Waals surface area (Å²) >= 11 is 0.0424. The number of rotatable bonds is 2. The Labute approximate surface area is 76.5 Å². The van der Waals surface area contributed by atoms with E-state index >= 15 is 0 Å². The van der Waals surface area contributed by atoms with E-state index in [-0.39, 0.29) is 5.75 Å². The van der Waals surface area contributed by atoms with Crippen LogP contribution in [-0.2, 0) is 7.90 Å². The topological polar surface area (TPSA) is 121 Å². The Kier molecular flexibility index (Phi) is 10.6. The van der Waals surface area contributed by atoms with Gasteiger partial charge in [-0.2, -0.15) is 12.6 Å². The normalized spacial score (nSPS) is 11.7. The third kappa shape index (κ3) is 17.9. The molecular formula is C3H9NO5STe. The minimum absolute atomic E-state index is 0.190. The van der Waals surface area contributed by atoms with Gasteiger partial charge in [0.25, 0.3) is 0 Å². The summed E-state index contributed by atoms with van der Waals surface area (Å²) in [5.74, 6) is -0.815. The number of carbonyl (C=O) groups is 1. The number of carboxylic acids is 1. The van der Waals surface area contributed by atoms with Gasteiger partial charge in [0.05, 0.1) is 0 Å². The predicted molar refractivity (Wildman–Crippen MR) is 40.3 cm³/mol. The second kappa shape index (κ2) is 8.39. The molecule has 0 saturated heterocycles. The average Bonchev–Trinajstić information content (AvgIpc) is 1.85. The third-order valence-electron chi connectivity index (χ3n) is 0.514. The molecule has 0 fully saturated rings. The number of aliphatic carboxylic acids is 1. The Balaban J connectivity index is 0. The number of thiol groups is 1. The van der Waals surface area contributed by atoms with E-state index in [0.29, 0.717) is 0 Å². The second-order valence-electron chi connectivity index (χ2n) is 1.36. The fourth-order valence-electron chi connectivity index (χ4n) is 0.0781. The molecule has 0 radical (unpaired) electrons. The summed E-state index contributed by atoms with van der Waals surface area (Å²) in [7, 11) is 0. The summed E-state index contributed by atoms with van der Waals surface area (Å²) in [4.78, 5) is 9.76. The molecule has 6 nitrogen and oxygen atoms in total. The van der Waals surface area contributed by atoms with Gasteiger partial charge in [-0.3, -0.25) is 4.79 Å². The Morgan fingerprint density at radius 3 is 1.91 bits per heavy atom. The zero-order valence-electron chi connectivity index (χ0n) is 5.38. The van der Waals surface area contributed by atoms with E-state index in [9.17, 15) is 4.79 Å².